The molecule has 5 heteroatoms. The first-order valence-electron chi connectivity index (χ1n) is 5.66. The van der Waals surface area contributed by atoms with E-state index in [1.54, 1.807) is 12.1 Å². The Hall–Kier alpha value is -1.81. The Morgan fingerprint density at radius 1 is 1.39 bits per heavy atom. The number of nitro benzene ring substituents is 1. The predicted octanol–water partition coefficient (Wildman–Crippen LogP) is 3.32. The molecule has 1 aliphatic rings. The average Bonchev–Trinajstić information content (AvgIpc) is 2.80. The number of nitro groups is 1. The molecule has 0 fully saturated rings. The third-order valence-electron chi connectivity index (χ3n) is 3.32. The number of fused-ring (bicyclic) bond motifs is 3. The van der Waals surface area contributed by atoms with Gasteiger partial charge in [0.05, 0.1) is 16.0 Å². The molecule has 3 rings (SSSR count). The van der Waals surface area contributed by atoms with Crippen LogP contribution in [0.15, 0.2) is 30.3 Å². The standard InChI is InChI=1S/C13H10ClN2O2/c14-6-8-7-15-11-5-12(16(17)18)9-3-1-2-4-10(9)13(8)11/h1-5,8H,6-7H2. The maximum Gasteiger partial charge on any atom is 0.279 e. The fourth-order valence-corrected chi connectivity index (χ4v) is 2.75. The molecule has 0 saturated heterocycles. The highest BCUT2D eigenvalue weighted by atomic mass is 35.5. The van der Waals surface area contributed by atoms with Crippen LogP contribution in [0.5, 0.6) is 0 Å². The smallest absolute Gasteiger partial charge is 0.279 e. The van der Waals surface area contributed by atoms with Crippen LogP contribution in [0.4, 0.5) is 11.4 Å². The van der Waals surface area contributed by atoms with Crippen LogP contribution in [-0.2, 0) is 0 Å². The summed E-state index contributed by atoms with van der Waals surface area (Å²) >= 11 is 5.94. The van der Waals surface area contributed by atoms with Crippen molar-refractivity contribution >= 4 is 33.7 Å². The normalized spacial score (nSPS) is 17.5. The Balaban J connectivity index is 2.38. The monoisotopic (exact) mass is 261 g/mol. The van der Waals surface area contributed by atoms with Crippen LogP contribution in [-0.4, -0.2) is 17.3 Å². The molecule has 1 unspecified atom stereocenters. The molecule has 0 bridgehead atoms. The van der Waals surface area contributed by atoms with Gasteiger partial charge in [0, 0.05) is 24.4 Å². The number of hydrogen-bond donors (Lipinski definition) is 0. The third-order valence-corrected chi connectivity index (χ3v) is 3.69. The second kappa shape index (κ2) is 4.14. The zero-order chi connectivity index (χ0) is 12.7. The number of halogens is 1. The van der Waals surface area contributed by atoms with Gasteiger partial charge in [0.25, 0.3) is 5.69 Å². The number of non-ortho nitro benzene ring substituents is 1. The van der Waals surface area contributed by atoms with Gasteiger partial charge in [-0.25, -0.2) is 0 Å². The van der Waals surface area contributed by atoms with Crippen LogP contribution in [0.25, 0.3) is 10.8 Å². The molecular weight excluding hydrogens is 252 g/mol. The minimum Gasteiger partial charge on any atom is -0.284 e. The van der Waals surface area contributed by atoms with Crippen LogP contribution in [0, 0.1) is 10.1 Å². The van der Waals surface area contributed by atoms with Crippen molar-refractivity contribution in [2.24, 2.45) is 0 Å². The Morgan fingerprint density at radius 2 is 2.11 bits per heavy atom. The van der Waals surface area contributed by atoms with Crippen LogP contribution in [0.3, 0.4) is 0 Å². The van der Waals surface area contributed by atoms with Gasteiger partial charge in [0.2, 0.25) is 0 Å². The molecule has 4 nitrogen and oxygen atoms in total. The van der Waals surface area contributed by atoms with Crippen LogP contribution in [0.1, 0.15) is 11.5 Å². The van der Waals surface area contributed by atoms with E-state index in [1.807, 2.05) is 18.2 Å². The first kappa shape index (κ1) is 11.3. The Kier molecular flexibility index (Phi) is 2.59. The maximum absolute atomic E-state index is 11.1. The van der Waals surface area contributed by atoms with E-state index < -0.39 is 0 Å². The summed E-state index contributed by atoms with van der Waals surface area (Å²) in [5, 5.41) is 17.0. The number of hydrogen-bond acceptors (Lipinski definition) is 2. The van der Waals surface area contributed by atoms with E-state index in [9.17, 15) is 10.1 Å². The second-order valence-electron chi connectivity index (χ2n) is 4.32. The molecule has 0 aromatic heterocycles. The summed E-state index contributed by atoms with van der Waals surface area (Å²) in [6, 6.07) is 8.93. The van der Waals surface area contributed by atoms with Crippen molar-refractivity contribution in [2.75, 3.05) is 12.4 Å². The van der Waals surface area contributed by atoms with Gasteiger partial charge in [-0.05, 0) is 17.0 Å². The highest BCUT2D eigenvalue weighted by Crippen LogP contribution is 2.42. The van der Waals surface area contributed by atoms with Crippen molar-refractivity contribution in [1.29, 1.82) is 0 Å². The SMILES string of the molecule is O=[N+]([O-])c1cc2c(c3ccccc13)C(CCl)C[N]2. The Morgan fingerprint density at radius 3 is 2.78 bits per heavy atom. The van der Waals surface area contributed by atoms with Gasteiger partial charge in [-0.15, -0.1) is 11.6 Å². The summed E-state index contributed by atoms with van der Waals surface area (Å²) in [6.07, 6.45) is 0. The van der Waals surface area contributed by atoms with Gasteiger partial charge in [-0.2, -0.15) is 0 Å². The van der Waals surface area contributed by atoms with E-state index in [4.69, 9.17) is 11.6 Å². The maximum atomic E-state index is 11.1. The molecule has 2 aromatic carbocycles. The summed E-state index contributed by atoms with van der Waals surface area (Å²) in [7, 11) is 0. The molecule has 1 radical (unpaired) electrons. The van der Waals surface area contributed by atoms with Crippen molar-refractivity contribution in [2.45, 2.75) is 5.92 Å². The minimum absolute atomic E-state index is 0.114. The van der Waals surface area contributed by atoms with Gasteiger partial charge in [-0.1, -0.05) is 18.2 Å². The topological polar surface area (TPSA) is 57.2 Å². The second-order valence-corrected chi connectivity index (χ2v) is 4.63. The lowest BCUT2D eigenvalue weighted by Crippen LogP contribution is -2.02. The molecular formula is C13H10ClN2O2. The number of rotatable bonds is 2. The van der Waals surface area contributed by atoms with Gasteiger partial charge in [0.1, 0.15) is 0 Å². The van der Waals surface area contributed by atoms with E-state index in [0.717, 1.165) is 10.9 Å². The molecule has 0 saturated carbocycles. The molecule has 1 aliphatic heterocycles. The summed E-state index contributed by atoms with van der Waals surface area (Å²) in [5.74, 6) is 0.644. The predicted molar refractivity (Wildman–Crippen MR) is 70.7 cm³/mol. The van der Waals surface area contributed by atoms with E-state index in [1.165, 1.54) is 0 Å². The van der Waals surface area contributed by atoms with Gasteiger partial charge >= 0.3 is 0 Å². The van der Waals surface area contributed by atoms with Crippen LogP contribution in [0.2, 0.25) is 0 Å². The van der Waals surface area contributed by atoms with Gasteiger partial charge in [-0.3, -0.25) is 15.4 Å². The van der Waals surface area contributed by atoms with E-state index in [2.05, 4.69) is 5.32 Å². The van der Waals surface area contributed by atoms with Crippen molar-refractivity contribution in [3.05, 3.63) is 46.0 Å². The molecule has 2 aromatic rings. The summed E-state index contributed by atoms with van der Waals surface area (Å²) in [6.45, 7) is 0.615. The first-order chi connectivity index (χ1) is 8.72. The fraction of sp³-hybridized carbons (Fsp3) is 0.231. The fourth-order valence-electron chi connectivity index (χ4n) is 2.50. The van der Waals surface area contributed by atoms with E-state index in [-0.39, 0.29) is 16.5 Å². The lowest BCUT2D eigenvalue weighted by atomic mass is 9.95. The highest BCUT2D eigenvalue weighted by Gasteiger charge is 2.28. The van der Waals surface area contributed by atoms with Crippen molar-refractivity contribution in [3.63, 3.8) is 0 Å². The van der Waals surface area contributed by atoms with Gasteiger partial charge < -0.3 is 0 Å². The van der Waals surface area contributed by atoms with Crippen molar-refractivity contribution < 1.29 is 4.92 Å². The zero-order valence-electron chi connectivity index (χ0n) is 9.47. The number of benzene rings is 2. The lowest BCUT2D eigenvalue weighted by Gasteiger charge is -2.09. The number of nitrogens with zero attached hydrogens (tertiary/aromatic N) is 2. The summed E-state index contributed by atoms with van der Waals surface area (Å²) < 4.78 is 0. The molecule has 18 heavy (non-hydrogen) atoms. The van der Waals surface area contributed by atoms with Crippen molar-refractivity contribution in [1.82, 2.24) is 5.32 Å². The Bertz CT molecular complexity index is 642. The highest BCUT2D eigenvalue weighted by molar-refractivity contribution is 6.18. The first-order valence-corrected chi connectivity index (χ1v) is 6.19. The van der Waals surface area contributed by atoms with Crippen LogP contribution < -0.4 is 5.32 Å². The summed E-state index contributed by atoms with van der Waals surface area (Å²) in [4.78, 5) is 10.7. The zero-order valence-corrected chi connectivity index (χ0v) is 10.2. The molecule has 0 amide bonds. The van der Waals surface area contributed by atoms with Crippen molar-refractivity contribution in [3.8, 4) is 0 Å². The summed E-state index contributed by atoms with van der Waals surface area (Å²) in [5.41, 5.74) is 1.88. The lowest BCUT2D eigenvalue weighted by molar-refractivity contribution is -0.383. The average molecular weight is 262 g/mol. The molecule has 0 aliphatic carbocycles. The third kappa shape index (κ3) is 1.53. The van der Waals surface area contributed by atoms with E-state index in [0.29, 0.717) is 23.5 Å². The minimum atomic E-state index is -0.355. The molecule has 1 atom stereocenters. The molecule has 1 heterocycles. The molecule has 0 spiro atoms. The van der Waals surface area contributed by atoms with Gasteiger partial charge in [0.15, 0.2) is 0 Å². The van der Waals surface area contributed by atoms with E-state index >= 15 is 0 Å². The quantitative estimate of drug-likeness (QED) is 0.473. The largest absolute Gasteiger partial charge is 0.284 e. The Labute approximate surface area is 109 Å². The number of alkyl halides is 1. The molecule has 0 N–H and O–H groups in total. The molecule has 91 valence electrons. The van der Waals surface area contributed by atoms with Crippen LogP contribution >= 0.6 is 11.6 Å².